The van der Waals surface area contributed by atoms with Gasteiger partial charge >= 0.3 is 11.9 Å². The molecule has 0 aromatic rings. The molecular weight excluding hydrogens is 188 g/mol. The maximum atomic E-state index is 11.2. The third-order valence-corrected chi connectivity index (χ3v) is 1.80. The van der Waals surface area contributed by atoms with Crippen LogP contribution in [0.2, 0.25) is 0 Å². The minimum absolute atomic E-state index is 0.0162. The summed E-state index contributed by atoms with van der Waals surface area (Å²) in [5.74, 6) is -1.54. The van der Waals surface area contributed by atoms with E-state index in [1.807, 2.05) is 0 Å². The van der Waals surface area contributed by atoms with Crippen molar-refractivity contribution in [1.29, 1.82) is 0 Å². The van der Waals surface area contributed by atoms with Gasteiger partial charge in [-0.3, -0.25) is 0 Å². The fraction of sp³-hybridized carbons (Fsp3) is 0.333. The van der Waals surface area contributed by atoms with Gasteiger partial charge in [0.25, 0.3) is 0 Å². The molecule has 1 N–H and O–H groups in total. The molecule has 14 heavy (non-hydrogen) atoms. The summed E-state index contributed by atoms with van der Waals surface area (Å²) in [7, 11) is 1.19. The molecule has 5 heteroatoms. The standard InChI is InChI=1S/C9H10O5/c1-4(10)6-7(8(11)13-3)5(2)14-9(6)12/h10H,1-3H3. The minimum Gasteiger partial charge on any atom is -0.512 e. The van der Waals surface area contributed by atoms with E-state index in [0.717, 1.165) is 0 Å². The average molecular weight is 198 g/mol. The molecule has 0 amide bonds. The van der Waals surface area contributed by atoms with E-state index in [-0.39, 0.29) is 22.7 Å². The van der Waals surface area contributed by atoms with Gasteiger partial charge in [0.2, 0.25) is 0 Å². The van der Waals surface area contributed by atoms with Crippen LogP contribution in [-0.2, 0) is 19.1 Å². The summed E-state index contributed by atoms with van der Waals surface area (Å²) in [5.41, 5.74) is -0.146. The van der Waals surface area contributed by atoms with Crippen LogP contribution in [0.4, 0.5) is 0 Å². The quantitative estimate of drug-likeness (QED) is 0.383. The average Bonchev–Trinajstić information content (AvgIpc) is 2.39. The van der Waals surface area contributed by atoms with Gasteiger partial charge in [0, 0.05) is 0 Å². The van der Waals surface area contributed by atoms with E-state index < -0.39 is 11.9 Å². The molecule has 0 aromatic heterocycles. The molecule has 0 fully saturated rings. The van der Waals surface area contributed by atoms with Crippen LogP contribution in [0, 0.1) is 0 Å². The lowest BCUT2D eigenvalue weighted by atomic mass is 10.1. The van der Waals surface area contributed by atoms with Crippen molar-refractivity contribution >= 4 is 11.9 Å². The van der Waals surface area contributed by atoms with Crippen LogP contribution in [0.3, 0.4) is 0 Å². The molecule has 0 aromatic carbocycles. The second kappa shape index (κ2) is 3.53. The van der Waals surface area contributed by atoms with Gasteiger partial charge < -0.3 is 14.6 Å². The molecule has 1 aliphatic heterocycles. The van der Waals surface area contributed by atoms with Crippen LogP contribution in [0.1, 0.15) is 13.8 Å². The van der Waals surface area contributed by atoms with Gasteiger partial charge in [0.1, 0.15) is 22.7 Å². The molecule has 0 saturated heterocycles. The number of aliphatic hydroxyl groups is 1. The van der Waals surface area contributed by atoms with Gasteiger partial charge in [-0.05, 0) is 13.8 Å². The predicted octanol–water partition coefficient (Wildman–Crippen LogP) is 0.822. The molecule has 1 rings (SSSR count). The molecule has 0 atom stereocenters. The fourth-order valence-electron chi connectivity index (χ4n) is 1.20. The minimum atomic E-state index is -0.733. The molecule has 0 spiro atoms. The molecule has 5 nitrogen and oxygen atoms in total. The summed E-state index contributed by atoms with van der Waals surface area (Å²) in [6, 6.07) is 0. The summed E-state index contributed by atoms with van der Waals surface area (Å²) in [4.78, 5) is 22.4. The Morgan fingerprint density at radius 2 is 2.07 bits per heavy atom. The van der Waals surface area contributed by atoms with Crippen molar-refractivity contribution < 1.29 is 24.2 Å². The summed E-state index contributed by atoms with van der Waals surface area (Å²) < 4.78 is 9.15. The Hall–Kier alpha value is -1.78. The Kier molecular flexibility index (Phi) is 2.60. The molecule has 1 aliphatic rings. The van der Waals surface area contributed by atoms with Crippen LogP contribution >= 0.6 is 0 Å². The van der Waals surface area contributed by atoms with E-state index >= 15 is 0 Å². The van der Waals surface area contributed by atoms with Crippen LogP contribution in [0.5, 0.6) is 0 Å². The van der Waals surface area contributed by atoms with Gasteiger partial charge in [-0.25, -0.2) is 9.59 Å². The number of allylic oxidation sites excluding steroid dienone is 2. The number of rotatable bonds is 1. The maximum absolute atomic E-state index is 11.2. The third-order valence-electron chi connectivity index (χ3n) is 1.80. The van der Waals surface area contributed by atoms with Gasteiger partial charge in [0.05, 0.1) is 7.11 Å². The Bertz CT molecular complexity index is 357. The fourth-order valence-corrected chi connectivity index (χ4v) is 1.20. The number of carbonyl (C=O) groups excluding carboxylic acids is 2. The summed E-state index contributed by atoms with van der Waals surface area (Å²) in [6.07, 6.45) is 0. The number of cyclic esters (lactones) is 1. The number of aliphatic hydroxyl groups excluding tert-OH is 1. The molecule has 0 saturated carbocycles. The van der Waals surface area contributed by atoms with Crippen molar-refractivity contribution in [2.45, 2.75) is 13.8 Å². The molecule has 0 radical (unpaired) electrons. The van der Waals surface area contributed by atoms with Crippen LogP contribution in [-0.4, -0.2) is 24.2 Å². The summed E-state index contributed by atoms with van der Waals surface area (Å²) in [6.45, 7) is 2.76. The number of carbonyl (C=O) groups is 2. The highest BCUT2D eigenvalue weighted by Gasteiger charge is 2.35. The second-order valence-electron chi connectivity index (χ2n) is 2.77. The monoisotopic (exact) mass is 198 g/mol. The molecule has 76 valence electrons. The van der Waals surface area contributed by atoms with E-state index in [4.69, 9.17) is 4.74 Å². The van der Waals surface area contributed by atoms with Crippen molar-refractivity contribution in [2.24, 2.45) is 0 Å². The molecule has 0 unspecified atom stereocenters. The van der Waals surface area contributed by atoms with Gasteiger partial charge in [-0.1, -0.05) is 0 Å². The molecule has 0 aliphatic carbocycles. The van der Waals surface area contributed by atoms with Crippen LogP contribution in [0.25, 0.3) is 0 Å². The number of hydrogen-bond acceptors (Lipinski definition) is 5. The smallest absolute Gasteiger partial charge is 0.347 e. The highest BCUT2D eigenvalue weighted by atomic mass is 16.6. The molecule has 1 heterocycles. The lowest BCUT2D eigenvalue weighted by Gasteiger charge is -2.00. The maximum Gasteiger partial charge on any atom is 0.347 e. The zero-order valence-electron chi connectivity index (χ0n) is 8.08. The van der Waals surface area contributed by atoms with Crippen molar-refractivity contribution in [1.82, 2.24) is 0 Å². The van der Waals surface area contributed by atoms with E-state index in [9.17, 15) is 14.7 Å². The van der Waals surface area contributed by atoms with Crippen molar-refractivity contribution in [3.8, 4) is 0 Å². The first-order chi connectivity index (χ1) is 6.49. The Morgan fingerprint density at radius 1 is 1.50 bits per heavy atom. The summed E-state index contributed by atoms with van der Waals surface area (Å²) in [5, 5.41) is 9.19. The van der Waals surface area contributed by atoms with Gasteiger partial charge in [-0.2, -0.15) is 0 Å². The van der Waals surface area contributed by atoms with E-state index in [0.29, 0.717) is 0 Å². The number of hydrogen-bond donors (Lipinski definition) is 1. The van der Waals surface area contributed by atoms with Crippen molar-refractivity contribution in [3.05, 3.63) is 22.7 Å². The summed E-state index contributed by atoms with van der Waals surface area (Å²) >= 11 is 0. The van der Waals surface area contributed by atoms with E-state index in [1.165, 1.54) is 21.0 Å². The van der Waals surface area contributed by atoms with Crippen LogP contribution < -0.4 is 0 Å². The lowest BCUT2D eigenvalue weighted by Crippen LogP contribution is -2.10. The molecule has 0 bridgehead atoms. The largest absolute Gasteiger partial charge is 0.512 e. The zero-order valence-corrected chi connectivity index (χ0v) is 8.08. The predicted molar refractivity (Wildman–Crippen MR) is 46.1 cm³/mol. The Balaban J connectivity index is 3.26. The topological polar surface area (TPSA) is 72.8 Å². The van der Waals surface area contributed by atoms with Gasteiger partial charge in [-0.15, -0.1) is 0 Å². The number of methoxy groups -OCH3 is 1. The van der Waals surface area contributed by atoms with Gasteiger partial charge in [0.15, 0.2) is 0 Å². The van der Waals surface area contributed by atoms with E-state index in [2.05, 4.69) is 4.74 Å². The normalized spacial score (nSPS) is 19.5. The van der Waals surface area contributed by atoms with Crippen molar-refractivity contribution in [3.63, 3.8) is 0 Å². The first-order valence-corrected chi connectivity index (χ1v) is 3.90. The highest BCUT2D eigenvalue weighted by Crippen LogP contribution is 2.28. The highest BCUT2D eigenvalue weighted by molar-refractivity contribution is 6.10. The lowest BCUT2D eigenvalue weighted by molar-refractivity contribution is -0.136. The second-order valence-corrected chi connectivity index (χ2v) is 2.77. The van der Waals surface area contributed by atoms with Crippen molar-refractivity contribution in [2.75, 3.05) is 7.11 Å². The first-order valence-electron chi connectivity index (χ1n) is 3.90. The first kappa shape index (κ1) is 10.3. The number of ether oxygens (including phenoxy) is 2. The molecular formula is C9H10O5. The zero-order chi connectivity index (χ0) is 10.9. The number of esters is 2. The van der Waals surface area contributed by atoms with Crippen LogP contribution in [0.15, 0.2) is 22.7 Å². The SMILES string of the molecule is COC(=O)C1=C(C)OC(=O)C1=C(C)O. The Labute approximate surface area is 80.6 Å². The Morgan fingerprint density at radius 3 is 2.50 bits per heavy atom. The third kappa shape index (κ3) is 1.48. The van der Waals surface area contributed by atoms with E-state index in [1.54, 1.807) is 0 Å².